The summed E-state index contributed by atoms with van der Waals surface area (Å²) >= 11 is 6.13. The number of carbonyl (C=O) groups excluding carboxylic acids is 2. The van der Waals surface area contributed by atoms with E-state index in [-0.39, 0.29) is 11.3 Å². The van der Waals surface area contributed by atoms with Crippen molar-refractivity contribution in [1.82, 2.24) is 0 Å². The Hall–Kier alpha value is -3.37. The number of anilines is 1. The minimum absolute atomic E-state index is 0.0602. The number of benzene rings is 3. The molecule has 0 saturated carbocycles. The average molecular weight is 404 g/mol. The minimum atomic E-state index is -0.755. The summed E-state index contributed by atoms with van der Waals surface area (Å²) < 4.78 is 0. The van der Waals surface area contributed by atoms with Crippen LogP contribution in [0.15, 0.2) is 84.4 Å². The molecule has 4 nitrogen and oxygen atoms in total. The molecule has 3 aromatic rings. The zero-order valence-corrected chi connectivity index (χ0v) is 16.4. The Labute approximate surface area is 173 Å². The van der Waals surface area contributed by atoms with E-state index >= 15 is 0 Å². The number of hydrogen-bond acceptors (Lipinski definition) is 3. The van der Waals surface area contributed by atoms with E-state index in [1.165, 1.54) is 4.90 Å². The highest BCUT2D eigenvalue weighted by molar-refractivity contribution is 6.51. The van der Waals surface area contributed by atoms with E-state index in [4.69, 9.17) is 11.6 Å². The maximum atomic E-state index is 13.0. The molecule has 4 rings (SSSR count). The molecule has 1 N–H and O–H groups in total. The highest BCUT2D eigenvalue weighted by atomic mass is 35.5. The lowest BCUT2D eigenvalue weighted by molar-refractivity contribution is -0.132. The van der Waals surface area contributed by atoms with Crippen molar-refractivity contribution in [2.45, 2.75) is 13.0 Å². The van der Waals surface area contributed by atoms with Crippen LogP contribution in [0.5, 0.6) is 0 Å². The summed E-state index contributed by atoms with van der Waals surface area (Å²) in [6.45, 7) is 1.96. The summed E-state index contributed by atoms with van der Waals surface area (Å²) in [5, 5.41) is 11.4. The fourth-order valence-electron chi connectivity index (χ4n) is 3.54. The Morgan fingerprint density at radius 2 is 1.62 bits per heavy atom. The van der Waals surface area contributed by atoms with E-state index in [2.05, 4.69) is 0 Å². The van der Waals surface area contributed by atoms with Crippen molar-refractivity contribution in [2.75, 3.05) is 4.90 Å². The van der Waals surface area contributed by atoms with Gasteiger partial charge in [-0.1, -0.05) is 77.8 Å². The molecule has 0 unspecified atom stereocenters. The molecule has 1 atom stereocenters. The maximum absolute atomic E-state index is 13.0. The van der Waals surface area contributed by atoms with Gasteiger partial charge in [-0.15, -0.1) is 0 Å². The highest BCUT2D eigenvalue weighted by Crippen LogP contribution is 2.42. The van der Waals surface area contributed by atoms with Crippen molar-refractivity contribution in [3.63, 3.8) is 0 Å². The number of hydrogen-bond donors (Lipinski definition) is 1. The molecule has 3 aromatic carbocycles. The van der Waals surface area contributed by atoms with E-state index < -0.39 is 17.7 Å². The van der Waals surface area contributed by atoms with E-state index in [1.807, 2.05) is 37.3 Å². The van der Waals surface area contributed by atoms with Gasteiger partial charge in [0.05, 0.1) is 11.6 Å². The van der Waals surface area contributed by atoms with E-state index in [1.54, 1.807) is 48.5 Å². The summed E-state index contributed by atoms with van der Waals surface area (Å²) in [4.78, 5) is 27.4. The molecule has 0 spiro atoms. The summed E-state index contributed by atoms with van der Waals surface area (Å²) in [5.74, 6) is -1.62. The first-order valence-electron chi connectivity index (χ1n) is 9.16. The second-order valence-electron chi connectivity index (χ2n) is 6.93. The molecule has 1 heterocycles. The van der Waals surface area contributed by atoms with Crippen LogP contribution in [0.3, 0.4) is 0 Å². The van der Waals surface area contributed by atoms with Gasteiger partial charge in [0.25, 0.3) is 11.7 Å². The first kappa shape index (κ1) is 19.0. The van der Waals surface area contributed by atoms with Gasteiger partial charge in [-0.05, 0) is 30.7 Å². The van der Waals surface area contributed by atoms with Crippen molar-refractivity contribution in [1.29, 1.82) is 0 Å². The van der Waals surface area contributed by atoms with Crippen molar-refractivity contribution >= 4 is 34.7 Å². The zero-order valence-electron chi connectivity index (χ0n) is 15.7. The molecule has 0 aromatic heterocycles. The van der Waals surface area contributed by atoms with Gasteiger partial charge >= 0.3 is 0 Å². The first-order valence-corrected chi connectivity index (χ1v) is 9.53. The zero-order chi connectivity index (χ0) is 20.5. The topological polar surface area (TPSA) is 57.6 Å². The summed E-state index contributed by atoms with van der Waals surface area (Å²) in [7, 11) is 0. The first-order chi connectivity index (χ1) is 14.0. The van der Waals surface area contributed by atoms with Gasteiger partial charge in [0.2, 0.25) is 0 Å². The Kier molecular flexibility index (Phi) is 4.95. The molecule has 29 heavy (non-hydrogen) atoms. The van der Waals surface area contributed by atoms with Crippen LogP contribution in [0.4, 0.5) is 5.69 Å². The molecule has 0 bridgehead atoms. The Morgan fingerprint density at radius 1 is 0.931 bits per heavy atom. The molecular weight excluding hydrogens is 386 g/mol. The number of aliphatic hydroxyl groups is 1. The van der Waals surface area contributed by atoms with E-state index in [0.29, 0.717) is 16.3 Å². The summed E-state index contributed by atoms with van der Waals surface area (Å²) in [6.07, 6.45) is 0. The van der Waals surface area contributed by atoms with Gasteiger partial charge < -0.3 is 5.11 Å². The Bertz CT molecular complexity index is 1120. The van der Waals surface area contributed by atoms with Crippen molar-refractivity contribution in [3.8, 4) is 0 Å². The van der Waals surface area contributed by atoms with Gasteiger partial charge in [-0.3, -0.25) is 14.5 Å². The molecule has 1 aliphatic heterocycles. The van der Waals surface area contributed by atoms with Gasteiger partial charge in [0.15, 0.2) is 0 Å². The molecule has 1 fully saturated rings. The van der Waals surface area contributed by atoms with Crippen LogP contribution in [0.2, 0.25) is 5.02 Å². The maximum Gasteiger partial charge on any atom is 0.300 e. The number of carbonyl (C=O) groups is 2. The van der Waals surface area contributed by atoms with Crippen LogP contribution in [-0.2, 0) is 9.59 Å². The number of amides is 1. The number of halogens is 1. The van der Waals surface area contributed by atoms with Crippen LogP contribution in [0.25, 0.3) is 5.76 Å². The number of aryl methyl sites for hydroxylation is 1. The van der Waals surface area contributed by atoms with E-state index in [9.17, 15) is 14.7 Å². The molecule has 144 valence electrons. The average Bonchev–Trinajstić information content (AvgIpc) is 2.99. The van der Waals surface area contributed by atoms with Crippen LogP contribution in [-0.4, -0.2) is 16.8 Å². The molecule has 1 amide bonds. The van der Waals surface area contributed by atoms with Crippen LogP contribution in [0.1, 0.15) is 22.7 Å². The van der Waals surface area contributed by atoms with Crippen LogP contribution < -0.4 is 4.90 Å². The molecule has 1 saturated heterocycles. The highest BCUT2D eigenvalue weighted by Gasteiger charge is 2.46. The summed E-state index contributed by atoms with van der Waals surface area (Å²) in [5.41, 5.74) is 2.82. The molecular formula is C24H18ClNO3. The Balaban J connectivity index is 1.96. The molecule has 1 aliphatic rings. The smallest absolute Gasteiger partial charge is 0.300 e. The van der Waals surface area contributed by atoms with Crippen molar-refractivity contribution in [3.05, 3.63) is 106 Å². The second kappa shape index (κ2) is 7.57. The third-order valence-electron chi connectivity index (χ3n) is 4.97. The van der Waals surface area contributed by atoms with Crippen LogP contribution >= 0.6 is 11.6 Å². The van der Waals surface area contributed by atoms with Gasteiger partial charge in [0, 0.05) is 16.3 Å². The lowest BCUT2D eigenvalue weighted by Gasteiger charge is -2.25. The molecule has 0 aliphatic carbocycles. The monoisotopic (exact) mass is 403 g/mol. The molecule has 5 heteroatoms. The lowest BCUT2D eigenvalue weighted by Crippen LogP contribution is -2.29. The number of rotatable bonds is 3. The fourth-order valence-corrected chi connectivity index (χ4v) is 3.73. The largest absolute Gasteiger partial charge is 0.507 e. The third kappa shape index (κ3) is 3.43. The quantitative estimate of drug-likeness (QED) is 0.368. The van der Waals surface area contributed by atoms with Crippen LogP contribution in [0, 0.1) is 6.92 Å². The Morgan fingerprint density at radius 3 is 2.28 bits per heavy atom. The predicted molar refractivity (Wildman–Crippen MR) is 114 cm³/mol. The summed E-state index contributed by atoms with van der Waals surface area (Å²) in [6, 6.07) is 22.3. The van der Waals surface area contributed by atoms with Crippen molar-refractivity contribution < 1.29 is 14.7 Å². The number of ketones is 1. The second-order valence-corrected chi connectivity index (χ2v) is 7.36. The predicted octanol–water partition coefficient (Wildman–Crippen LogP) is 5.27. The number of Topliss-reactive ketones (excluding diaryl/α,β-unsaturated/α-hetero) is 1. The SMILES string of the molecule is Cc1ccc([C@@H]2/C(=C(\O)c3ccccc3)C(=O)C(=O)N2c2cccc(Cl)c2)cc1. The minimum Gasteiger partial charge on any atom is -0.507 e. The molecule has 0 radical (unpaired) electrons. The van der Waals surface area contributed by atoms with Gasteiger partial charge in [-0.25, -0.2) is 0 Å². The normalized spacial score (nSPS) is 18.3. The number of aliphatic hydroxyl groups excluding tert-OH is 1. The van der Waals surface area contributed by atoms with Crippen molar-refractivity contribution in [2.24, 2.45) is 0 Å². The van der Waals surface area contributed by atoms with Gasteiger partial charge in [-0.2, -0.15) is 0 Å². The van der Waals surface area contributed by atoms with Gasteiger partial charge in [0.1, 0.15) is 5.76 Å². The van der Waals surface area contributed by atoms with E-state index in [0.717, 1.165) is 11.1 Å². The third-order valence-corrected chi connectivity index (χ3v) is 5.21. The standard InChI is InChI=1S/C24H18ClNO3/c1-15-10-12-16(13-11-15)21-20(22(27)17-6-3-2-4-7-17)23(28)24(29)26(21)19-9-5-8-18(25)14-19/h2-14,21,27H,1H3/b22-20+/t21-/m1/s1. The fraction of sp³-hybridized carbons (Fsp3) is 0.0833. The number of nitrogens with zero attached hydrogens (tertiary/aromatic N) is 1. The lowest BCUT2D eigenvalue weighted by atomic mass is 9.94.